The Hall–Kier alpha value is -1.33. The minimum Gasteiger partial charge on any atom is -0.376 e. The van der Waals surface area contributed by atoms with Gasteiger partial charge in [0.25, 0.3) is 0 Å². The molecule has 0 bridgehead atoms. The van der Waals surface area contributed by atoms with Crippen molar-refractivity contribution in [2.45, 2.75) is 36.4 Å². The van der Waals surface area contributed by atoms with E-state index in [4.69, 9.17) is 9.47 Å². The van der Waals surface area contributed by atoms with E-state index in [0.717, 1.165) is 12.0 Å². The molecule has 1 N–H and O–H groups in total. The topological polar surface area (TPSA) is 38.7 Å². The van der Waals surface area contributed by atoms with Gasteiger partial charge in [-0.15, -0.1) is 0 Å². The first-order valence-electron chi connectivity index (χ1n) is 7.93. The number of benzene rings is 2. The summed E-state index contributed by atoms with van der Waals surface area (Å²) in [6.45, 7) is 1.68. The maximum atomic E-state index is 10.5. The Balaban J connectivity index is 1.40. The number of ether oxygens (including phenoxy) is 2. The third-order valence-corrected chi connectivity index (χ3v) is 5.25. The number of hydrogen-bond acceptors (Lipinski definition) is 4. The predicted octanol–water partition coefficient (Wildman–Crippen LogP) is 3.96. The largest absolute Gasteiger partial charge is 0.376 e. The Kier molecular flexibility index (Phi) is 5.73. The molecule has 122 valence electrons. The van der Waals surface area contributed by atoms with Crippen molar-refractivity contribution in [1.82, 2.24) is 0 Å². The Labute approximate surface area is 141 Å². The fourth-order valence-electron chi connectivity index (χ4n) is 2.60. The van der Waals surface area contributed by atoms with Crippen LogP contribution in [0.3, 0.4) is 0 Å². The summed E-state index contributed by atoms with van der Waals surface area (Å²) >= 11 is 1.48. The van der Waals surface area contributed by atoms with Gasteiger partial charge in [-0.05, 0) is 17.5 Å². The zero-order valence-electron chi connectivity index (χ0n) is 13.1. The van der Waals surface area contributed by atoms with E-state index >= 15 is 0 Å². The highest BCUT2D eigenvalue weighted by Gasteiger charge is 2.39. The van der Waals surface area contributed by atoms with Gasteiger partial charge in [-0.2, -0.15) is 0 Å². The van der Waals surface area contributed by atoms with Gasteiger partial charge in [-0.1, -0.05) is 72.4 Å². The minimum atomic E-state index is -1.09. The molecular formula is C19H22O3S. The monoisotopic (exact) mass is 330 g/mol. The van der Waals surface area contributed by atoms with Crippen LogP contribution >= 0.6 is 11.8 Å². The Morgan fingerprint density at radius 1 is 0.957 bits per heavy atom. The van der Waals surface area contributed by atoms with Gasteiger partial charge >= 0.3 is 0 Å². The van der Waals surface area contributed by atoms with Gasteiger partial charge < -0.3 is 14.6 Å². The summed E-state index contributed by atoms with van der Waals surface area (Å²) in [5.74, 6) is 0. The molecule has 1 fully saturated rings. The van der Waals surface area contributed by atoms with Gasteiger partial charge in [0.1, 0.15) is 0 Å². The van der Waals surface area contributed by atoms with Crippen molar-refractivity contribution in [3.8, 4) is 0 Å². The zero-order valence-corrected chi connectivity index (χ0v) is 13.9. The first-order valence-corrected chi connectivity index (χ1v) is 8.81. The average Bonchev–Trinajstić information content (AvgIpc) is 2.97. The van der Waals surface area contributed by atoms with Crippen molar-refractivity contribution in [3.63, 3.8) is 0 Å². The van der Waals surface area contributed by atoms with Gasteiger partial charge in [0.2, 0.25) is 5.12 Å². The molecule has 3 nitrogen and oxygen atoms in total. The number of rotatable bonds is 7. The number of hydrogen-bond donors (Lipinski definition) is 1. The second kappa shape index (κ2) is 7.97. The summed E-state index contributed by atoms with van der Waals surface area (Å²) in [5.41, 5.74) is 2.25. The van der Waals surface area contributed by atoms with Crippen molar-refractivity contribution in [2.24, 2.45) is 0 Å². The summed E-state index contributed by atoms with van der Waals surface area (Å²) < 4.78 is 11.5. The molecule has 1 heterocycles. The molecule has 0 radical (unpaired) electrons. The number of thioether (sulfide) groups is 1. The first-order chi connectivity index (χ1) is 11.2. The SMILES string of the molecule is OC1(OCc2ccccc2)CCC(COCc2ccccc2)S1. The third-order valence-electron chi connectivity index (χ3n) is 3.86. The molecule has 1 aliphatic heterocycles. The van der Waals surface area contributed by atoms with Gasteiger partial charge in [0.05, 0.1) is 19.8 Å². The van der Waals surface area contributed by atoms with Crippen LogP contribution in [0.5, 0.6) is 0 Å². The normalized spacial score (nSPS) is 24.0. The van der Waals surface area contributed by atoms with Gasteiger partial charge in [-0.25, -0.2) is 0 Å². The molecule has 0 aliphatic carbocycles. The summed E-state index contributed by atoms with van der Waals surface area (Å²) in [4.78, 5) is 0. The lowest BCUT2D eigenvalue weighted by Crippen LogP contribution is -2.25. The molecule has 1 saturated heterocycles. The average molecular weight is 330 g/mol. The van der Waals surface area contributed by atoms with Crippen LogP contribution in [0.4, 0.5) is 0 Å². The Morgan fingerprint density at radius 2 is 1.57 bits per heavy atom. The van der Waals surface area contributed by atoms with Gasteiger partial charge in [-0.3, -0.25) is 0 Å². The first kappa shape index (κ1) is 16.5. The summed E-state index contributed by atoms with van der Waals surface area (Å²) in [6, 6.07) is 20.1. The van der Waals surface area contributed by atoms with E-state index in [0.29, 0.717) is 26.2 Å². The highest BCUT2D eigenvalue weighted by Crippen LogP contribution is 2.42. The minimum absolute atomic E-state index is 0.277. The summed E-state index contributed by atoms with van der Waals surface area (Å²) in [5, 5.41) is 9.72. The van der Waals surface area contributed by atoms with Crippen molar-refractivity contribution in [2.75, 3.05) is 6.61 Å². The zero-order chi connectivity index (χ0) is 16.0. The van der Waals surface area contributed by atoms with Crippen LogP contribution in [0.1, 0.15) is 24.0 Å². The fourth-order valence-corrected chi connectivity index (χ4v) is 3.88. The molecular weight excluding hydrogens is 308 g/mol. The summed E-state index contributed by atoms with van der Waals surface area (Å²) in [7, 11) is 0. The molecule has 2 atom stereocenters. The van der Waals surface area contributed by atoms with Crippen molar-refractivity contribution in [1.29, 1.82) is 0 Å². The van der Waals surface area contributed by atoms with E-state index < -0.39 is 5.12 Å². The number of aliphatic hydroxyl groups is 1. The third kappa shape index (κ3) is 5.08. The highest BCUT2D eigenvalue weighted by atomic mass is 32.2. The van der Waals surface area contributed by atoms with Crippen LogP contribution in [0.25, 0.3) is 0 Å². The van der Waals surface area contributed by atoms with Crippen molar-refractivity contribution >= 4 is 11.8 Å². The smallest absolute Gasteiger partial charge is 0.216 e. The molecule has 3 rings (SSSR count). The summed E-state index contributed by atoms with van der Waals surface area (Å²) in [6.07, 6.45) is 1.55. The molecule has 1 aliphatic rings. The molecule has 0 saturated carbocycles. The molecule has 23 heavy (non-hydrogen) atoms. The molecule has 4 heteroatoms. The van der Waals surface area contributed by atoms with Gasteiger partial charge in [0.15, 0.2) is 0 Å². The molecule has 2 aromatic carbocycles. The second-order valence-electron chi connectivity index (χ2n) is 5.77. The Morgan fingerprint density at radius 3 is 2.22 bits per heavy atom. The van der Waals surface area contributed by atoms with E-state index in [1.165, 1.54) is 17.3 Å². The van der Waals surface area contributed by atoms with E-state index in [2.05, 4.69) is 12.1 Å². The standard InChI is InChI=1S/C19H22O3S/c20-19(22-14-17-9-5-2-6-10-17)12-11-18(23-19)15-21-13-16-7-3-1-4-8-16/h1-10,18,20H,11-15H2. The maximum absolute atomic E-state index is 10.5. The quantitative estimate of drug-likeness (QED) is 0.780. The van der Waals surface area contributed by atoms with Crippen LogP contribution in [-0.2, 0) is 22.7 Å². The molecule has 2 unspecified atom stereocenters. The van der Waals surface area contributed by atoms with E-state index in [1.54, 1.807) is 0 Å². The van der Waals surface area contributed by atoms with Gasteiger partial charge in [0, 0.05) is 11.7 Å². The molecule has 0 aromatic heterocycles. The highest BCUT2D eigenvalue weighted by molar-refractivity contribution is 8.01. The van der Waals surface area contributed by atoms with E-state index in [1.807, 2.05) is 48.5 Å². The molecule has 0 amide bonds. The predicted molar refractivity (Wildman–Crippen MR) is 92.9 cm³/mol. The Bertz CT molecular complexity index is 590. The van der Waals surface area contributed by atoms with Crippen LogP contribution < -0.4 is 0 Å². The van der Waals surface area contributed by atoms with Crippen molar-refractivity contribution in [3.05, 3.63) is 71.8 Å². The molecule has 0 spiro atoms. The van der Waals surface area contributed by atoms with Crippen LogP contribution in [0, 0.1) is 0 Å². The lowest BCUT2D eigenvalue weighted by Gasteiger charge is -2.22. The fraction of sp³-hybridized carbons (Fsp3) is 0.368. The second-order valence-corrected chi connectivity index (χ2v) is 7.31. The van der Waals surface area contributed by atoms with Crippen LogP contribution in [0.15, 0.2) is 60.7 Å². The van der Waals surface area contributed by atoms with Crippen LogP contribution in [-0.4, -0.2) is 22.1 Å². The van der Waals surface area contributed by atoms with E-state index in [9.17, 15) is 5.11 Å². The lowest BCUT2D eigenvalue weighted by molar-refractivity contribution is -0.138. The van der Waals surface area contributed by atoms with Crippen LogP contribution in [0.2, 0.25) is 0 Å². The van der Waals surface area contributed by atoms with E-state index in [-0.39, 0.29) is 5.25 Å². The van der Waals surface area contributed by atoms with Crippen molar-refractivity contribution < 1.29 is 14.6 Å². The maximum Gasteiger partial charge on any atom is 0.216 e. The molecule has 2 aromatic rings. The lowest BCUT2D eigenvalue weighted by atomic mass is 10.2.